The molecule has 26 heavy (non-hydrogen) atoms. The molecule has 5 heteroatoms. The zero-order valence-corrected chi connectivity index (χ0v) is 16.2. The summed E-state index contributed by atoms with van der Waals surface area (Å²) in [6, 6.07) is 13.8. The van der Waals surface area contributed by atoms with E-state index in [9.17, 15) is 4.79 Å². The minimum Gasteiger partial charge on any atom is -0.497 e. The zero-order valence-electron chi connectivity index (χ0n) is 16.2. The quantitative estimate of drug-likeness (QED) is 0.790. The van der Waals surface area contributed by atoms with Crippen molar-refractivity contribution in [3.63, 3.8) is 0 Å². The molecule has 0 aromatic heterocycles. The van der Waals surface area contributed by atoms with E-state index in [-0.39, 0.29) is 18.6 Å². The second-order valence-electron chi connectivity index (χ2n) is 6.59. The molecule has 1 amide bonds. The molecule has 0 heterocycles. The Labute approximate surface area is 155 Å². The Kier molecular flexibility index (Phi) is 7.04. The van der Waals surface area contributed by atoms with Gasteiger partial charge >= 0.3 is 0 Å². The summed E-state index contributed by atoms with van der Waals surface area (Å²) in [6.45, 7) is 4.57. The summed E-state index contributed by atoms with van der Waals surface area (Å²) in [5.74, 6) is 1.37. The van der Waals surface area contributed by atoms with Crippen LogP contribution in [0.5, 0.6) is 11.5 Å². The molecule has 0 aliphatic heterocycles. The van der Waals surface area contributed by atoms with E-state index in [1.807, 2.05) is 70.4 Å². The van der Waals surface area contributed by atoms with Gasteiger partial charge in [-0.05, 0) is 68.9 Å². The van der Waals surface area contributed by atoms with Gasteiger partial charge in [-0.2, -0.15) is 0 Å². The molecule has 0 spiro atoms. The number of amides is 1. The Morgan fingerprint density at radius 2 is 1.85 bits per heavy atom. The van der Waals surface area contributed by atoms with Crippen molar-refractivity contribution in [2.45, 2.75) is 19.9 Å². The zero-order chi connectivity index (χ0) is 19.1. The molecule has 2 rings (SSSR count). The highest BCUT2D eigenvalue weighted by Crippen LogP contribution is 2.22. The van der Waals surface area contributed by atoms with Crippen molar-refractivity contribution < 1.29 is 14.3 Å². The van der Waals surface area contributed by atoms with Crippen LogP contribution in [0.3, 0.4) is 0 Å². The van der Waals surface area contributed by atoms with Crippen molar-refractivity contribution in [1.29, 1.82) is 0 Å². The van der Waals surface area contributed by atoms with Gasteiger partial charge in [0.05, 0.1) is 13.2 Å². The molecular formula is C21H28N2O3. The highest BCUT2D eigenvalue weighted by molar-refractivity contribution is 5.77. The van der Waals surface area contributed by atoms with Crippen LogP contribution >= 0.6 is 0 Å². The number of methoxy groups -OCH3 is 1. The summed E-state index contributed by atoms with van der Waals surface area (Å²) < 4.78 is 10.9. The first kappa shape index (κ1) is 19.8. The Bertz CT molecular complexity index is 744. The van der Waals surface area contributed by atoms with Crippen LogP contribution in [0.25, 0.3) is 0 Å². The number of nitrogens with one attached hydrogen (secondary N) is 1. The largest absolute Gasteiger partial charge is 0.497 e. The van der Waals surface area contributed by atoms with Gasteiger partial charge in [-0.15, -0.1) is 0 Å². The smallest absolute Gasteiger partial charge is 0.258 e. The Morgan fingerprint density at radius 1 is 1.08 bits per heavy atom. The minimum atomic E-state index is -0.141. The fourth-order valence-electron chi connectivity index (χ4n) is 2.66. The molecule has 140 valence electrons. The van der Waals surface area contributed by atoms with Crippen LogP contribution in [0.15, 0.2) is 42.5 Å². The molecule has 1 atom stereocenters. The lowest BCUT2D eigenvalue weighted by molar-refractivity contribution is -0.123. The lowest BCUT2D eigenvalue weighted by atomic mass is 10.1. The lowest BCUT2D eigenvalue weighted by Crippen LogP contribution is -2.36. The second kappa shape index (κ2) is 9.25. The number of rotatable bonds is 8. The summed E-state index contributed by atoms with van der Waals surface area (Å²) in [4.78, 5) is 14.2. The van der Waals surface area contributed by atoms with Crippen LogP contribution in [0.4, 0.5) is 0 Å². The van der Waals surface area contributed by atoms with Crippen molar-refractivity contribution in [3.8, 4) is 11.5 Å². The van der Waals surface area contributed by atoms with Crippen molar-refractivity contribution in [2.24, 2.45) is 0 Å². The molecule has 2 aromatic carbocycles. The first-order valence-corrected chi connectivity index (χ1v) is 8.68. The van der Waals surface area contributed by atoms with Crippen molar-refractivity contribution in [3.05, 3.63) is 59.2 Å². The topological polar surface area (TPSA) is 50.8 Å². The highest BCUT2D eigenvalue weighted by Gasteiger charge is 2.16. The Hall–Kier alpha value is -2.53. The number of hydrogen-bond donors (Lipinski definition) is 1. The number of carbonyl (C=O) groups is 1. The van der Waals surface area contributed by atoms with Gasteiger partial charge < -0.3 is 19.7 Å². The van der Waals surface area contributed by atoms with Gasteiger partial charge in [-0.1, -0.05) is 18.2 Å². The molecule has 5 nitrogen and oxygen atoms in total. The Balaban J connectivity index is 1.91. The third-order valence-electron chi connectivity index (χ3n) is 4.44. The molecular weight excluding hydrogens is 328 g/mol. The molecule has 2 aromatic rings. The fraction of sp³-hybridized carbons (Fsp3) is 0.381. The normalized spacial score (nSPS) is 11.9. The van der Waals surface area contributed by atoms with Crippen molar-refractivity contribution in [2.75, 3.05) is 34.4 Å². The summed E-state index contributed by atoms with van der Waals surface area (Å²) in [5, 5.41) is 2.95. The monoisotopic (exact) mass is 356 g/mol. The Morgan fingerprint density at radius 3 is 2.50 bits per heavy atom. The van der Waals surface area contributed by atoms with E-state index < -0.39 is 0 Å². The van der Waals surface area contributed by atoms with Gasteiger partial charge in [0.15, 0.2) is 6.61 Å². The van der Waals surface area contributed by atoms with Crippen LogP contribution < -0.4 is 14.8 Å². The number of hydrogen-bond acceptors (Lipinski definition) is 4. The number of ether oxygens (including phenoxy) is 2. The fourth-order valence-corrected chi connectivity index (χ4v) is 2.66. The van der Waals surface area contributed by atoms with Gasteiger partial charge in [0.1, 0.15) is 11.5 Å². The number of benzene rings is 2. The second-order valence-corrected chi connectivity index (χ2v) is 6.59. The van der Waals surface area contributed by atoms with E-state index in [0.717, 1.165) is 16.9 Å². The first-order chi connectivity index (χ1) is 12.4. The van der Waals surface area contributed by atoms with Gasteiger partial charge in [0, 0.05) is 6.54 Å². The maximum atomic E-state index is 12.2. The van der Waals surface area contributed by atoms with Crippen molar-refractivity contribution >= 4 is 5.91 Å². The summed E-state index contributed by atoms with van der Waals surface area (Å²) in [5.41, 5.74) is 3.44. The number of carbonyl (C=O) groups excluding carboxylic acids is 1. The molecule has 0 aliphatic rings. The van der Waals surface area contributed by atoms with Crippen LogP contribution in [0.2, 0.25) is 0 Å². The van der Waals surface area contributed by atoms with E-state index in [0.29, 0.717) is 12.3 Å². The number of nitrogens with zero attached hydrogens (tertiary/aromatic N) is 1. The molecule has 0 saturated carbocycles. The SMILES string of the molecule is COc1cccc(C(CNC(=O)COc2ccc(C)c(C)c2)N(C)C)c1. The number of likely N-dealkylation sites (N-methyl/N-ethyl adjacent to an activating group) is 1. The van der Waals surface area contributed by atoms with Crippen LogP contribution in [-0.4, -0.2) is 45.2 Å². The van der Waals surface area contributed by atoms with Crippen molar-refractivity contribution in [1.82, 2.24) is 10.2 Å². The van der Waals surface area contributed by atoms with Gasteiger partial charge in [0.2, 0.25) is 0 Å². The van der Waals surface area contributed by atoms with Crippen LogP contribution in [-0.2, 0) is 4.79 Å². The van der Waals surface area contributed by atoms with Gasteiger partial charge in [-0.3, -0.25) is 4.79 Å². The summed E-state index contributed by atoms with van der Waals surface area (Å²) >= 11 is 0. The average Bonchev–Trinajstić information content (AvgIpc) is 2.62. The van der Waals surface area contributed by atoms with E-state index >= 15 is 0 Å². The molecule has 0 fully saturated rings. The predicted octanol–water partition coefficient (Wildman–Crippen LogP) is 3.11. The lowest BCUT2D eigenvalue weighted by Gasteiger charge is -2.25. The highest BCUT2D eigenvalue weighted by atomic mass is 16.5. The standard InChI is InChI=1S/C21H28N2O3/c1-15-9-10-19(11-16(15)2)26-14-21(24)22-13-20(23(3)4)17-7-6-8-18(12-17)25-5/h6-12,20H,13-14H2,1-5H3,(H,22,24). The maximum absolute atomic E-state index is 12.2. The van der Waals surface area contributed by atoms with Gasteiger partial charge in [0.25, 0.3) is 5.91 Å². The number of aryl methyl sites for hydroxylation is 2. The molecule has 0 saturated heterocycles. The molecule has 1 N–H and O–H groups in total. The summed E-state index contributed by atoms with van der Waals surface area (Å²) in [7, 11) is 5.62. The van der Waals surface area contributed by atoms with E-state index in [1.54, 1.807) is 7.11 Å². The molecule has 0 bridgehead atoms. The van der Waals surface area contributed by atoms with E-state index in [1.165, 1.54) is 5.56 Å². The van der Waals surface area contributed by atoms with Crippen LogP contribution in [0, 0.1) is 13.8 Å². The predicted molar refractivity (Wildman–Crippen MR) is 104 cm³/mol. The summed E-state index contributed by atoms with van der Waals surface area (Å²) in [6.07, 6.45) is 0. The van der Waals surface area contributed by atoms with E-state index in [2.05, 4.69) is 10.2 Å². The van der Waals surface area contributed by atoms with Gasteiger partial charge in [-0.25, -0.2) is 0 Å². The molecule has 1 unspecified atom stereocenters. The minimum absolute atomic E-state index is 0.000754. The molecule has 0 radical (unpaired) electrons. The average molecular weight is 356 g/mol. The van der Waals surface area contributed by atoms with E-state index in [4.69, 9.17) is 9.47 Å². The third-order valence-corrected chi connectivity index (χ3v) is 4.44. The third kappa shape index (κ3) is 5.49. The maximum Gasteiger partial charge on any atom is 0.258 e. The van der Waals surface area contributed by atoms with Crippen LogP contribution in [0.1, 0.15) is 22.7 Å². The molecule has 0 aliphatic carbocycles. The first-order valence-electron chi connectivity index (χ1n) is 8.68.